The van der Waals surface area contributed by atoms with E-state index >= 15 is 0 Å². The van der Waals surface area contributed by atoms with Crippen molar-refractivity contribution in [2.45, 2.75) is 13.1 Å². The third-order valence-corrected chi connectivity index (χ3v) is 2.32. The van der Waals surface area contributed by atoms with E-state index in [9.17, 15) is 22.4 Å². The van der Waals surface area contributed by atoms with Gasteiger partial charge in [-0.15, -0.1) is 0 Å². The van der Waals surface area contributed by atoms with E-state index in [1.807, 2.05) is 6.92 Å². The van der Waals surface area contributed by atoms with E-state index in [1.165, 1.54) is 0 Å². The third-order valence-electron chi connectivity index (χ3n) is 2.32. The van der Waals surface area contributed by atoms with Crippen molar-refractivity contribution >= 4 is 5.91 Å². The summed E-state index contributed by atoms with van der Waals surface area (Å²) in [5, 5.41) is 5.34. The van der Waals surface area contributed by atoms with E-state index in [4.69, 9.17) is 0 Å². The predicted octanol–water partition coefficient (Wildman–Crippen LogP) is 2.18. The molecule has 7 heteroatoms. The monoisotopic (exact) mass is 278 g/mol. The van der Waals surface area contributed by atoms with Gasteiger partial charge in [0.2, 0.25) is 0 Å². The van der Waals surface area contributed by atoms with Crippen molar-refractivity contribution in [1.29, 1.82) is 0 Å². The van der Waals surface area contributed by atoms with Gasteiger partial charge in [-0.25, -0.2) is 4.39 Å². The van der Waals surface area contributed by atoms with Gasteiger partial charge in [-0.05, 0) is 24.7 Å². The molecule has 2 N–H and O–H groups in total. The first-order chi connectivity index (χ1) is 8.84. The summed E-state index contributed by atoms with van der Waals surface area (Å²) in [7, 11) is 0. The molecule has 0 saturated heterocycles. The number of rotatable bonds is 5. The maximum Gasteiger partial charge on any atom is 0.416 e. The highest BCUT2D eigenvalue weighted by molar-refractivity contribution is 5.94. The Morgan fingerprint density at radius 3 is 2.47 bits per heavy atom. The van der Waals surface area contributed by atoms with Gasteiger partial charge in [-0.2, -0.15) is 13.2 Å². The summed E-state index contributed by atoms with van der Waals surface area (Å²) >= 11 is 0. The van der Waals surface area contributed by atoms with Crippen LogP contribution >= 0.6 is 0 Å². The van der Waals surface area contributed by atoms with Crippen LogP contribution in [0.2, 0.25) is 0 Å². The zero-order chi connectivity index (χ0) is 14.5. The van der Waals surface area contributed by atoms with Crippen LogP contribution in [0.1, 0.15) is 22.8 Å². The Morgan fingerprint density at radius 1 is 1.21 bits per heavy atom. The zero-order valence-corrected chi connectivity index (χ0v) is 10.3. The Hall–Kier alpha value is -1.63. The summed E-state index contributed by atoms with van der Waals surface area (Å²) in [5.74, 6) is -1.82. The Bertz CT molecular complexity index is 446. The first-order valence-corrected chi connectivity index (χ1v) is 5.71. The number of halogens is 4. The van der Waals surface area contributed by atoms with Gasteiger partial charge in [0.25, 0.3) is 5.91 Å². The summed E-state index contributed by atoms with van der Waals surface area (Å²) < 4.78 is 50.4. The van der Waals surface area contributed by atoms with E-state index < -0.39 is 23.5 Å². The minimum absolute atomic E-state index is 0.255. The molecule has 3 nitrogen and oxygen atoms in total. The number of likely N-dealkylation sites (N-methyl/N-ethyl adjacent to an activating group) is 1. The molecule has 0 aliphatic carbocycles. The van der Waals surface area contributed by atoms with E-state index in [0.717, 1.165) is 6.07 Å². The minimum atomic E-state index is -4.68. The smallest absolute Gasteiger partial charge is 0.351 e. The number of alkyl halides is 3. The second-order valence-corrected chi connectivity index (χ2v) is 3.84. The van der Waals surface area contributed by atoms with Gasteiger partial charge in [0, 0.05) is 18.7 Å². The van der Waals surface area contributed by atoms with E-state index in [0.29, 0.717) is 25.2 Å². The van der Waals surface area contributed by atoms with Crippen LogP contribution in [-0.2, 0) is 6.18 Å². The maximum absolute atomic E-state index is 13.1. The van der Waals surface area contributed by atoms with Crippen LogP contribution in [0.4, 0.5) is 17.6 Å². The number of carbonyl (C=O) groups excluding carboxylic acids is 1. The third kappa shape index (κ3) is 4.86. The molecule has 1 aromatic carbocycles. The standard InChI is InChI=1S/C12H14F4N2O/c1-2-17-3-4-18-11(19)8-5-9(12(14,15)16)7-10(13)6-8/h5-7,17H,2-4H2,1H3,(H,18,19). The molecule has 0 fully saturated rings. The number of amides is 1. The molecule has 1 aromatic rings. The lowest BCUT2D eigenvalue weighted by Gasteiger charge is -2.10. The molecule has 1 amide bonds. The van der Waals surface area contributed by atoms with E-state index in [-0.39, 0.29) is 12.1 Å². The van der Waals surface area contributed by atoms with Gasteiger partial charge >= 0.3 is 6.18 Å². The Morgan fingerprint density at radius 2 is 1.89 bits per heavy atom. The van der Waals surface area contributed by atoms with Crippen LogP contribution in [0.5, 0.6) is 0 Å². The van der Waals surface area contributed by atoms with Crippen molar-refractivity contribution in [3.8, 4) is 0 Å². The number of hydrogen-bond acceptors (Lipinski definition) is 2. The largest absolute Gasteiger partial charge is 0.416 e. The molecule has 106 valence electrons. The second-order valence-electron chi connectivity index (χ2n) is 3.84. The molecule has 1 rings (SSSR count). The highest BCUT2D eigenvalue weighted by atomic mass is 19.4. The summed E-state index contributed by atoms with van der Waals surface area (Å²) in [4.78, 5) is 11.6. The van der Waals surface area contributed by atoms with Crippen molar-refractivity contribution in [2.75, 3.05) is 19.6 Å². The van der Waals surface area contributed by atoms with Crippen molar-refractivity contribution in [2.24, 2.45) is 0 Å². The van der Waals surface area contributed by atoms with Crippen LogP contribution in [-0.4, -0.2) is 25.5 Å². The fraction of sp³-hybridized carbons (Fsp3) is 0.417. The highest BCUT2D eigenvalue weighted by Gasteiger charge is 2.31. The average Bonchev–Trinajstić information content (AvgIpc) is 2.32. The quantitative estimate of drug-likeness (QED) is 0.640. The van der Waals surface area contributed by atoms with Crippen LogP contribution < -0.4 is 10.6 Å². The summed E-state index contributed by atoms with van der Waals surface area (Å²) in [6, 6.07) is 1.76. The van der Waals surface area contributed by atoms with Gasteiger partial charge in [0.1, 0.15) is 5.82 Å². The van der Waals surface area contributed by atoms with Crippen molar-refractivity contribution in [3.63, 3.8) is 0 Å². The molecular weight excluding hydrogens is 264 g/mol. The lowest BCUT2D eigenvalue weighted by atomic mass is 10.1. The molecule has 19 heavy (non-hydrogen) atoms. The topological polar surface area (TPSA) is 41.1 Å². The zero-order valence-electron chi connectivity index (χ0n) is 10.3. The normalized spacial score (nSPS) is 11.4. The molecule has 0 aliphatic rings. The second kappa shape index (κ2) is 6.51. The van der Waals surface area contributed by atoms with Crippen LogP contribution in [0.15, 0.2) is 18.2 Å². The Labute approximate surface area is 108 Å². The van der Waals surface area contributed by atoms with Crippen LogP contribution in [0.25, 0.3) is 0 Å². The van der Waals surface area contributed by atoms with Gasteiger partial charge < -0.3 is 10.6 Å². The van der Waals surface area contributed by atoms with Crippen LogP contribution in [0, 0.1) is 5.82 Å². The van der Waals surface area contributed by atoms with Crippen molar-refractivity contribution < 1.29 is 22.4 Å². The van der Waals surface area contributed by atoms with Gasteiger partial charge in [-0.1, -0.05) is 6.92 Å². The molecule has 0 bridgehead atoms. The number of carbonyl (C=O) groups is 1. The lowest BCUT2D eigenvalue weighted by Crippen LogP contribution is -2.31. The maximum atomic E-state index is 13.1. The van der Waals surface area contributed by atoms with Crippen molar-refractivity contribution in [3.05, 3.63) is 35.1 Å². The van der Waals surface area contributed by atoms with Crippen molar-refractivity contribution in [1.82, 2.24) is 10.6 Å². The molecule has 0 unspecified atom stereocenters. The number of hydrogen-bond donors (Lipinski definition) is 2. The highest BCUT2D eigenvalue weighted by Crippen LogP contribution is 2.30. The molecule has 0 atom stereocenters. The van der Waals surface area contributed by atoms with Crippen LogP contribution in [0.3, 0.4) is 0 Å². The molecule has 0 radical (unpaired) electrons. The van der Waals surface area contributed by atoms with Gasteiger partial charge in [-0.3, -0.25) is 4.79 Å². The lowest BCUT2D eigenvalue weighted by molar-refractivity contribution is -0.137. The molecule has 0 aromatic heterocycles. The average molecular weight is 278 g/mol. The fourth-order valence-electron chi connectivity index (χ4n) is 1.43. The summed E-state index contributed by atoms with van der Waals surface area (Å²) in [6.07, 6.45) is -4.68. The Balaban J connectivity index is 2.77. The number of benzene rings is 1. The molecule has 0 aliphatic heterocycles. The first kappa shape index (κ1) is 15.4. The molecule has 0 heterocycles. The number of nitrogens with one attached hydrogen (secondary N) is 2. The first-order valence-electron chi connectivity index (χ1n) is 5.71. The van der Waals surface area contributed by atoms with E-state index in [2.05, 4.69) is 10.6 Å². The summed E-state index contributed by atoms with van der Waals surface area (Å²) in [6.45, 7) is 3.34. The summed E-state index contributed by atoms with van der Waals surface area (Å²) in [5.41, 5.74) is -1.52. The molecular formula is C12H14F4N2O. The minimum Gasteiger partial charge on any atom is -0.351 e. The van der Waals surface area contributed by atoms with E-state index in [1.54, 1.807) is 0 Å². The van der Waals surface area contributed by atoms with Gasteiger partial charge in [0.05, 0.1) is 5.56 Å². The molecule has 0 spiro atoms. The van der Waals surface area contributed by atoms with Gasteiger partial charge in [0.15, 0.2) is 0 Å². The predicted molar refractivity (Wildman–Crippen MR) is 62.3 cm³/mol. The molecule has 0 saturated carbocycles. The SMILES string of the molecule is CCNCCNC(=O)c1cc(F)cc(C(F)(F)F)c1. The Kier molecular flexibility index (Phi) is 5.29. The fourth-order valence-corrected chi connectivity index (χ4v) is 1.43.